The van der Waals surface area contributed by atoms with E-state index in [4.69, 9.17) is 0 Å². The molecule has 6 heteroatoms. The summed E-state index contributed by atoms with van der Waals surface area (Å²) in [5.41, 5.74) is 1.96. The van der Waals surface area contributed by atoms with Gasteiger partial charge in [-0.05, 0) is 12.3 Å². The van der Waals surface area contributed by atoms with Crippen LogP contribution in [-0.4, -0.2) is 30.8 Å². The van der Waals surface area contributed by atoms with Gasteiger partial charge in [0.1, 0.15) is 5.75 Å². The SMILES string of the molecule is Cc1ncc(CO)c(CNC(Cn2ccnc2)C(C)(C)C)c1O. The molecular formula is C17H26N4O2. The lowest BCUT2D eigenvalue weighted by Crippen LogP contribution is -2.43. The number of aryl methyl sites for hydroxylation is 1. The largest absolute Gasteiger partial charge is 0.506 e. The Morgan fingerprint density at radius 3 is 2.65 bits per heavy atom. The molecule has 0 aromatic carbocycles. The van der Waals surface area contributed by atoms with Crippen LogP contribution < -0.4 is 5.32 Å². The van der Waals surface area contributed by atoms with Gasteiger partial charge in [-0.15, -0.1) is 0 Å². The van der Waals surface area contributed by atoms with Crippen LogP contribution in [0.5, 0.6) is 5.75 Å². The fraction of sp³-hybridized carbons (Fsp3) is 0.529. The Balaban J connectivity index is 2.17. The summed E-state index contributed by atoms with van der Waals surface area (Å²) in [6.07, 6.45) is 7.12. The van der Waals surface area contributed by atoms with Crippen molar-refractivity contribution in [3.8, 4) is 5.75 Å². The minimum absolute atomic E-state index is 0.0291. The number of nitrogens with one attached hydrogen (secondary N) is 1. The van der Waals surface area contributed by atoms with Crippen LogP contribution in [0.4, 0.5) is 0 Å². The Labute approximate surface area is 137 Å². The zero-order chi connectivity index (χ0) is 17.0. The summed E-state index contributed by atoms with van der Waals surface area (Å²) in [5, 5.41) is 23.2. The van der Waals surface area contributed by atoms with Crippen molar-refractivity contribution < 1.29 is 10.2 Å². The molecule has 0 fully saturated rings. The molecule has 0 aliphatic rings. The van der Waals surface area contributed by atoms with Gasteiger partial charge in [0.25, 0.3) is 0 Å². The highest BCUT2D eigenvalue weighted by molar-refractivity contribution is 5.40. The number of nitrogens with zero attached hydrogens (tertiary/aromatic N) is 3. The van der Waals surface area contributed by atoms with E-state index < -0.39 is 0 Å². The van der Waals surface area contributed by atoms with Crippen LogP contribution in [0.2, 0.25) is 0 Å². The highest BCUT2D eigenvalue weighted by atomic mass is 16.3. The van der Waals surface area contributed by atoms with Crippen molar-refractivity contribution in [1.82, 2.24) is 19.9 Å². The van der Waals surface area contributed by atoms with Crippen molar-refractivity contribution in [1.29, 1.82) is 0 Å². The van der Waals surface area contributed by atoms with Gasteiger partial charge in [-0.1, -0.05) is 20.8 Å². The van der Waals surface area contributed by atoms with Crippen LogP contribution in [-0.2, 0) is 19.7 Å². The van der Waals surface area contributed by atoms with Gasteiger partial charge in [0, 0.05) is 48.8 Å². The molecule has 2 heterocycles. The lowest BCUT2D eigenvalue weighted by Gasteiger charge is -2.32. The second-order valence-corrected chi connectivity index (χ2v) is 6.91. The first-order valence-electron chi connectivity index (χ1n) is 7.79. The summed E-state index contributed by atoms with van der Waals surface area (Å²) in [5.74, 6) is 0.152. The number of aliphatic hydroxyl groups excluding tert-OH is 1. The fourth-order valence-corrected chi connectivity index (χ4v) is 2.49. The Morgan fingerprint density at radius 1 is 1.35 bits per heavy atom. The van der Waals surface area contributed by atoms with Crippen molar-refractivity contribution in [3.05, 3.63) is 41.7 Å². The fourth-order valence-electron chi connectivity index (χ4n) is 2.49. The number of aromatic nitrogens is 3. The van der Waals surface area contributed by atoms with E-state index in [1.54, 1.807) is 25.6 Å². The number of hydrogen-bond acceptors (Lipinski definition) is 5. The van der Waals surface area contributed by atoms with E-state index in [0.29, 0.717) is 23.4 Å². The van der Waals surface area contributed by atoms with Crippen LogP contribution in [0.25, 0.3) is 0 Å². The highest BCUT2D eigenvalue weighted by Crippen LogP contribution is 2.26. The highest BCUT2D eigenvalue weighted by Gasteiger charge is 2.25. The minimum atomic E-state index is -0.139. The number of rotatable bonds is 6. The van der Waals surface area contributed by atoms with Crippen molar-refractivity contribution in [2.24, 2.45) is 5.41 Å². The smallest absolute Gasteiger partial charge is 0.141 e. The number of hydrogen-bond donors (Lipinski definition) is 3. The van der Waals surface area contributed by atoms with E-state index in [1.165, 1.54) is 0 Å². The summed E-state index contributed by atoms with van der Waals surface area (Å²) in [4.78, 5) is 8.18. The molecule has 2 aromatic rings. The van der Waals surface area contributed by atoms with E-state index in [2.05, 4.69) is 36.1 Å². The Bertz CT molecular complexity index is 633. The molecule has 6 nitrogen and oxygen atoms in total. The second-order valence-electron chi connectivity index (χ2n) is 6.91. The molecule has 0 spiro atoms. The van der Waals surface area contributed by atoms with Gasteiger partial charge < -0.3 is 20.1 Å². The molecule has 0 saturated carbocycles. The zero-order valence-electron chi connectivity index (χ0n) is 14.2. The summed E-state index contributed by atoms with van der Waals surface area (Å²) >= 11 is 0. The number of aliphatic hydroxyl groups is 1. The molecule has 0 saturated heterocycles. The maximum atomic E-state index is 10.3. The molecule has 2 aromatic heterocycles. The quantitative estimate of drug-likeness (QED) is 0.758. The second kappa shape index (κ2) is 7.10. The first kappa shape index (κ1) is 17.4. The van der Waals surface area contributed by atoms with Gasteiger partial charge in [-0.2, -0.15) is 0 Å². The normalized spacial score (nSPS) is 13.3. The van der Waals surface area contributed by atoms with Gasteiger partial charge >= 0.3 is 0 Å². The first-order valence-corrected chi connectivity index (χ1v) is 7.79. The predicted molar refractivity (Wildman–Crippen MR) is 88.9 cm³/mol. The lowest BCUT2D eigenvalue weighted by molar-refractivity contribution is 0.237. The Kier molecular flexibility index (Phi) is 5.38. The van der Waals surface area contributed by atoms with Gasteiger partial charge in [0.2, 0.25) is 0 Å². The third kappa shape index (κ3) is 4.30. The molecule has 0 aliphatic heterocycles. The van der Waals surface area contributed by atoms with E-state index in [0.717, 1.165) is 6.54 Å². The van der Waals surface area contributed by atoms with Crippen LogP contribution in [0.1, 0.15) is 37.6 Å². The van der Waals surface area contributed by atoms with Crippen LogP contribution in [0, 0.1) is 12.3 Å². The Morgan fingerprint density at radius 2 is 2.09 bits per heavy atom. The van der Waals surface area contributed by atoms with Crippen molar-refractivity contribution in [2.75, 3.05) is 0 Å². The molecule has 126 valence electrons. The van der Waals surface area contributed by atoms with Gasteiger partial charge in [-0.3, -0.25) is 4.98 Å². The number of pyridine rings is 1. The summed E-state index contributed by atoms with van der Waals surface area (Å²) < 4.78 is 2.04. The van der Waals surface area contributed by atoms with E-state index in [1.807, 2.05) is 10.8 Å². The molecule has 3 N–H and O–H groups in total. The predicted octanol–water partition coefficient (Wildman–Crippen LogP) is 1.99. The molecule has 0 radical (unpaired) electrons. The molecule has 1 atom stereocenters. The van der Waals surface area contributed by atoms with Crippen LogP contribution in [0.3, 0.4) is 0 Å². The molecule has 1 unspecified atom stereocenters. The lowest BCUT2D eigenvalue weighted by atomic mass is 9.86. The maximum Gasteiger partial charge on any atom is 0.141 e. The summed E-state index contributed by atoms with van der Waals surface area (Å²) in [6.45, 7) is 9.39. The van der Waals surface area contributed by atoms with Crippen molar-refractivity contribution >= 4 is 0 Å². The first-order chi connectivity index (χ1) is 10.8. The molecule has 0 bridgehead atoms. The average Bonchev–Trinajstić information content (AvgIpc) is 2.99. The molecule has 23 heavy (non-hydrogen) atoms. The number of imidazole rings is 1. The maximum absolute atomic E-state index is 10.3. The summed E-state index contributed by atoms with van der Waals surface area (Å²) in [6, 6.07) is 0.177. The standard InChI is InChI=1S/C17H26N4O2/c1-12-16(23)14(13(10-22)7-19-12)8-20-15(17(2,3)4)9-21-6-5-18-11-21/h5-7,11,15,20,22-23H,8-10H2,1-4H3. The molecule has 2 rings (SSSR count). The zero-order valence-corrected chi connectivity index (χ0v) is 14.2. The topological polar surface area (TPSA) is 83.2 Å². The van der Waals surface area contributed by atoms with E-state index in [-0.39, 0.29) is 23.8 Å². The summed E-state index contributed by atoms with van der Waals surface area (Å²) in [7, 11) is 0. The number of aromatic hydroxyl groups is 1. The Hall–Kier alpha value is -1.92. The minimum Gasteiger partial charge on any atom is -0.506 e. The van der Waals surface area contributed by atoms with E-state index in [9.17, 15) is 10.2 Å². The average molecular weight is 318 g/mol. The third-order valence-electron chi connectivity index (χ3n) is 4.12. The van der Waals surface area contributed by atoms with Crippen LogP contribution >= 0.6 is 0 Å². The molecule has 0 aliphatic carbocycles. The molecular weight excluding hydrogens is 292 g/mol. The van der Waals surface area contributed by atoms with E-state index >= 15 is 0 Å². The van der Waals surface area contributed by atoms with Crippen LogP contribution in [0.15, 0.2) is 24.9 Å². The van der Waals surface area contributed by atoms with Crippen molar-refractivity contribution in [2.45, 2.75) is 53.4 Å². The van der Waals surface area contributed by atoms with Gasteiger partial charge in [-0.25, -0.2) is 4.98 Å². The van der Waals surface area contributed by atoms with Crippen molar-refractivity contribution in [3.63, 3.8) is 0 Å². The third-order valence-corrected chi connectivity index (χ3v) is 4.12. The van der Waals surface area contributed by atoms with Gasteiger partial charge in [0.05, 0.1) is 18.6 Å². The molecule has 0 amide bonds. The van der Waals surface area contributed by atoms with Gasteiger partial charge in [0.15, 0.2) is 0 Å². The monoisotopic (exact) mass is 318 g/mol.